The minimum atomic E-state index is -1.21. The Labute approximate surface area is 141 Å². The minimum Gasteiger partial charge on any atom is -0.507 e. The molecular weight excluding hydrogens is 312 g/mol. The summed E-state index contributed by atoms with van der Waals surface area (Å²) in [5.41, 5.74) is -1.30. The summed E-state index contributed by atoms with van der Waals surface area (Å²) < 4.78 is 5.64. The molecule has 0 bridgehead atoms. The van der Waals surface area contributed by atoms with Crippen molar-refractivity contribution in [1.82, 2.24) is 0 Å². The van der Waals surface area contributed by atoms with Crippen LogP contribution in [0.25, 0.3) is 0 Å². The van der Waals surface area contributed by atoms with Crippen LogP contribution in [-0.4, -0.2) is 38.6 Å². The second-order valence-corrected chi connectivity index (χ2v) is 7.30. The van der Waals surface area contributed by atoms with Gasteiger partial charge in [-0.3, -0.25) is 9.59 Å². The highest BCUT2D eigenvalue weighted by Crippen LogP contribution is 2.48. The predicted octanol–water partition coefficient (Wildman–Crippen LogP) is 2.60. The van der Waals surface area contributed by atoms with Crippen molar-refractivity contribution in [2.45, 2.75) is 59.2 Å². The lowest BCUT2D eigenvalue weighted by atomic mass is 9.90. The second kappa shape index (κ2) is 6.09. The first kappa shape index (κ1) is 18.3. The first-order chi connectivity index (χ1) is 10.9. The van der Waals surface area contributed by atoms with Crippen LogP contribution in [0.15, 0.2) is 0 Å². The molecule has 0 saturated carbocycles. The van der Waals surface area contributed by atoms with E-state index in [2.05, 4.69) is 0 Å². The fraction of sp³-hybridized carbons (Fsp3) is 0.556. The Kier molecular flexibility index (Phi) is 4.63. The Balaban J connectivity index is 2.66. The number of Topliss-reactive ketones (excluding diaryl/α,β-unsaturated/α-hetero) is 2. The number of aromatic hydroxyl groups is 2. The summed E-state index contributed by atoms with van der Waals surface area (Å²) in [5.74, 6) is -1.75. The number of fused-ring (bicyclic) bond motifs is 1. The summed E-state index contributed by atoms with van der Waals surface area (Å²) in [5, 5.41) is 31.1. The van der Waals surface area contributed by atoms with Crippen molar-refractivity contribution in [3.05, 3.63) is 16.7 Å². The number of ketones is 2. The second-order valence-electron chi connectivity index (χ2n) is 7.30. The molecule has 6 heteroatoms. The van der Waals surface area contributed by atoms with Crippen LogP contribution in [0.1, 0.15) is 67.3 Å². The SMILES string of the molecule is CC(=O)c1c(O)c(C(=O)CC(C)C)c(O)c2c1OC(C(C)(C)O)C2. The lowest BCUT2D eigenvalue weighted by molar-refractivity contribution is -0.0232. The van der Waals surface area contributed by atoms with Crippen molar-refractivity contribution >= 4 is 11.6 Å². The van der Waals surface area contributed by atoms with E-state index in [-0.39, 0.29) is 46.9 Å². The van der Waals surface area contributed by atoms with Gasteiger partial charge in [-0.05, 0) is 26.7 Å². The van der Waals surface area contributed by atoms with Crippen LogP contribution >= 0.6 is 0 Å². The van der Waals surface area contributed by atoms with Gasteiger partial charge in [0, 0.05) is 18.4 Å². The van der Waals surface area contributed by atoms with Crippen LogP contribution in [0.4, 0.5) is 0 Å². The molecule has 0 amide bonds. The van der Waals surface area contributed by atoms with Crippen LogP contribution in [0.3, 0.4) is 0 Å². The third-order valence-electron chi connectivity index (χ3n) is 4.16. The Morgan fingerprint density at radius 1 is 1.21 bits per heavy atom. The topological polar surface area (TPSA) is 104 Å². The Hall–Kier alpha value is -2.08. The van der Waals surface area contributed by atoms with Gasteiger partial charge < -0.3 is 20.1 Å². The van der Waals surface area contributed by atoms with Gasteiger partial charge in [-0.1, -0.05) is 13.8 Å². The average Bonchev–Trinajstić information content (AvgIpc) is 2.82. The quantitative estimate of drug-likeness (QED) is 0.714. The van der Waals surface area contributed by atoms with Crippen molar-refractivity contribution in [3.63, 3.8) is 0 Å². The van der Waals surface area contributed by atoms with E-state index >= 15 is 0 Å². The molecule has 132 valence electrons. The van der Waals surface area contributed by atoms with Gasteiger partial charge in [-0.15, -0.1) is 0 Å². The van der Waals surface area contributed by atoms with Crippen molar-refractivity contribution in [3.8, 4) is 17.2 Å². The highest BCUT2D eigenvalue weighted by Gasteiger charge is 2.41. The fourth-order valence-corrected chi connectivity index (χ4v) is 2.90. The largest absolute Gasteiger partial charge is 0.507 e. The Morgan fingerprint density at radius 3 is 2.25 bits per heavy atom. The Bertz CT molecular complexity index is 697. The lowest BCUT2D eigenvalue weighted by Crippen LogP contribution is -2.39. The van der Waals surface area contributed by atoms with Crippen LogP contribution in [-0.2, 0) is 6.42 Å². The van der Waals surface area contributed by atoms with Crippen molar-refractivity contribution < 1.29 is 29.6 Å². The van der Waals surface area contributed by atoms with E-state index in [0.29, 0.717) is 0 Å². The third kappa shape index (κ3) is 3.11. The molecule has 1 atom stereocenters. The van der Waals surface area contributed by atoms with Gasteiger partial charge in [0.1, 0.15) is 34.5 Å². The zero-order chi connectivity index (χ0) is 18.4. The molecule has 0 aromatic heterocycles. The number of phenolic OH excluding ortho intramolecular Hbond substituents is 2. The van der Waals surface area contributed by atoms with E-state index in [0.717, 1.165) is 0 Å². The van der Waals surface area contributed by atoms with E-state index in [9.17, 15) is 24.9 Å². The zero-order valence-corrected chi connectivity index (χ0v) is 14.6. The highest BCUT2D eigenvalue weighted by atomic mass is 16.5. The van der Waals surface area contributed by atoms with Crippen LogP contribution < -0.4 is 4.74 Å². The summed E-state index contributed by atoms with van der Waals surface area (Å²) >= 11 is 0. The van der Waals surface area contributed by atoms with Crippen LogP contribution in [0, 0.1) is 5.92 Å². The van der Waals surface area contributed by atoms with E-state index in [1.54, 1.807) is 13.8 Å². The molecule has 3 N–H and O–H groups in total. The van der Waals surface area contributed by atoms with Gasteiger partial charge in [0.05, 0.1) is 5.60 Å². The molecule has 0 saturated heterocycles. The summed E-state index contributed by atoms with van der Waals surface area (Å²) in [6, 6.07) is 0. The molecule has 24 heavy (non-hydrogen) atoms. The standard InChI is InChI=1S/C18H24O6/c1-8(2)6-11(20)14-15(21)10-7-12(18(4,5)23)24-17(10)13(9(3)19)16(14)22/h8,12,21-23H,6-7H2,1-5H3. The molecule has 1 unspecified atom stereocenters. The van der Waals surface area contributed by atoms with E-state index in [1.165, 1.54) is 6.92 Å². The smallest absolute Gasteiger partial charge is 0.170 e. The predicted molar refractivity (Wildman–Crippen MR) is 88.0 cm³/mol. The molecule has 1 aromatic rings. The van der Waals surface area contributed by atoms with E-state index in [1.807, 2.05) is 13.8 Å². The molecule has 1 aromatic carbocycles. The molecule has 0 radical (unpaired) electrons. The number of phenols is 2. The number of benzene rings is 1. The maximum absolute atomic E-state index is 12.4. The first-order valence-electron chi connectivity index (χ1n) is 7.99. The van der Waals surface area contributed by atoms with Gasteiger partial charge in [0.2, 0.25) is 0 Å². The van der Waals surface area contributed by atoms with Crippen LogP contribution in [0.2, 0.25) is 0 Å². The van der Waals surface area contributed by atoms with Crippen molar-refractivity contribution in [2.75, 3.05) is 0 Å². The van der Waals surface area contributed by atoms with Gasteiger partial charge in [-0.2, -0.15) is 0 Å². The van der Waals surface area contributed by atoms with Gasteiger partial charge in [-0.25, -0.2) is 0 Å². The number of ether oxygens (including phenoxy) is 1. The van der Waals surface area contributed by atoms with Crippen molar-refractivity contribution in [2.24, 2.45) is 5.92 Å². The summed E-state index contributed by atoms with van der Waals surface area (Å²) in [6.07, 6.45) is -0.411. The number of rotatable bonds is 5. The maximum Gasteiger partial charge on any atom is 0.170 e. The normalized spacial score (nSPS) is 16.9. The Morgan fingerprint density at radius 2 is 1.79 bits per heavy atom. The fourth-order valence-electron chi connectivity index (χ4n) is 2.90. The van der Waals surface area contributed by atoms with E-state index in [4.69, 9.17) is 4.74 Å². The summed E-state index contributed by atoms with van der Waals surface area (Å²) in [7, 11) is 0. The summed E-state index contributed by atoms with van der Waals surface area (Å²) in [6.45, 7) is 8.05. The average molecular weight is 336 g/mol. The third-order valence-corrected chi connectivity index (χ3v) is 4.16. The number of aliphatic hydroxyl groups is 1. The van der Waals surface area contributed by atoms with Gasteiger partial charge in [0.15, 0.2) is 11.6 Å². The molecule has 0 spiro atoms. The van der Waals surface area contributed by atoms with Gasteiger partial charge >= 0.3 is 0 Å². The lowest BCUT2D eigenvalue weighted by Gasteiger charge is -2.24. The van der Waals surface area contributed by atoms with E-state index < -0.39 is 29.0 Å². The zero-order valence-electron chi connectivity index (χ0n) is 14.6. The molecule has 6 nitrogen and oxygen atoms in total. The minimum absolute atomic E-state index is 0.0331. The molecule has 0 aliphatic carbocycles. The number of hydrogen-bond acceptors (Lipinski definition) is 6. The number of carbonyl (C=O) groups is 2. The molecule has 1 aliphatic rings. The number of hydrogen-bond donors (Lipinski definition) is 3. The molecule has 1 heterocycles. The molecule has 0 fully saturated rings. The molecular formula is C18H24O6. The molecule has 1 aliphatic heterocycles. The monoisotopic (exact) mass is 336 g/mol. The van der Waals surface area contributed by atoms with Gasteiger partial charge in [0.25, 0.3) is 0 Å². The number of carbonyl (C=O) groups excluding carboxylic acids is 2. The van der Waals surface area contributed by atoms with Crippen molar-refractivity contribution in [1.29, 1.82) is 0 Å². The first-order valence-corrected chi connectivity index (χ1v) is 7.99. The maximum atomic E-state index is 12.4. The van der Waals surface area contributed by atoms with Crippen LogP contribution in [0.5, 0.6) is 17.2 Å². The summed E-state index contributed by atoms with van der Waals surface area (Å²) in [4.78, 5) is 24.4. The molecule has 2 rings (SSSR count). The highest BCUT2D eigenvalue weighted by molar-refractivity contribution is 6.09.